The number of hydrogen-bond acceptors (Lipinski definition) is 5. The number of anilines is 1. The Hall–Kier alpha value is -3.07. The van der Waals surface area contributed by atoms with E-state index in [-0.39, 0.29) is 5.82 Å². The second-order valence-electron chi connectivity index (χ2n) is 7.15. The predicted molar refractivity (Wildman–Crippen MR) is 129 cm³/mol. The Morgan fingerprint density at radius 1 is 1.16 bits per heavy atom. The van der Waals surface area contributed by atoms with Crippen LogP contribution < -0.4 is 10.2 Å². The van der Waals surface area contributed by atoms with Gasteiger partial charge in [-0.2, -0.15) is 4.98 Å². The van der Waals surface area contributed by atoms with Crippen molar-refractivity contribution in [3.8, 4) is 10.7 Å². The van der Waals surface area contributed by atoms with E-state index in [1.54, 1.807) is 18.2 Å². The molecule has 2 aromatic heterocycles. The van der Waals surface area contributed by atoms with Crippen molar-refractivity contribution in [2.45, 2.75) is 13.0 Å². The van der Waals surface area contributed by atoms with Crippen molar-refractivity contribution < 1.29 is 8.91 Å². The minimum absolute atomic E-state index is 0.312. The molecular weight excluding hydrogens is 467 g/mol. The van der Waals surface area contributed by atoms with E-state index in [0.29, 0.717) is 21.9 Å². The zero-order valence-corrected chi connectivity index (χ0v) is 19.1. The van der Waals surface area contributed by atoms with Gasteiger partial charge in [0.2, 0.25) is 5.82 Å². The summed E-state index contributed by atoms with van der Waals surface area (Å²) in [5.41, 5.74) is 3.19. The van der Waals surface area contributed by atoms with Crippen LogP contribution in [0, 0.1) is 5.82 Å². The van der Waals surface area contributed by atoms with Gasteiger partial charge in [0, 0.05) is 16.4 Å². The largest absolute Gasteiger partial charge is 0.351 e. The fraction of sp³-hybridized carbons (Fsp3) is 0.0870. The molecule has 0 saturated carbocycles. The van der Waals surface area contributed by atoms with E-state index in [1.807, 2.05) is 47.5 Å². The molecule has 32 heavy (non-hydrogen) atoms. The third kappa shape index (κ3) is 3.81. The monoisotopic (exact) mass is 482 g/mol. The van der Waals surface area contributed by atoms with Crippen molar-refractivity contribution in [3.63, 3.8) is 0 Å². The summed E-state index contributed by atoms with van der Waals surface area (Å²) in [6.45, 7) is 1.94. The van der Waals surface area contributed by atoms with E-state index in [9.17, 15) is 4.39 Å². The van der Waals surface area contributed by atoms with Crippen molar-refractivity contribution in [1.82, 2.24) is 15.5 Å². The van der Waals surface area contributed by atoms with Gasteiger partial charge in [-0.1, -0.05) is 41.0 Å². The lowest BCUT2D eigenvalue weighted by Gasteiger charge is -2.37. The van der Waals surface area contributed by atoms with Crippen LogP contribution in [-0.2, 0) is 0 Å². The first-order valence-electron chi connectivity index (χ1n) is 9.71. The molecular formula is C23H16ClFN4OS2. The summed E-state index contributed by atoms with van der Waals surface area (Å²) in [6.07, 6.45) is 0. The molecule has 0 aliphatic carbocycles. The van der Waals surface area contributed by atoms with Gasteiger partial charge < -0.3 is 9.84 Å². The van der Waals surface area contributed by atoms with Crippen LogP contribution in [0.3, 0.4) is 0 Å². The van der Waals surface area contributed by atoms with Crippen molar-refractivity contribution in [2.24, 2.45) is 0 Å². The SMILES string of the molecule is CC1=C(c2nc(-c3cccs3)no2)C(c2ccc(F)cc2)NC(=S)N1c1cccc(Cl)c1. The second kappa shape index (κ2) is 8.46. The molecule has 3 heterocycles. The molecule has 1 N–H and O–H groups in total. The molecule has 0 saturated heterocycles. The average molecular weight is 483 g/mol. The number of aromatic nitrogens is 2. The van der Waals surface area contributed by atoms with E-state index < -0.39 is 6.04 Å². The maximum Gasteiger partial charge on any atom is 0.258 e. The van der Waals surface area contributed by atoms with Crippen LogP contribution in [0.5, 0.6) is 0 Å². The summed E-state index contributed by atoms with van der Waals surface area (Å²) >= 11 is 13.5. The molecule has 4 aromatic rings. The summed E-state index contributed by atoms with van der Waals surface area (Å²) in [5.74, 6) is 0.561. The number of thiophene rings is 1. The van der Waals surface area contributed by atoms with Gasteiger partial charge in [0.25, 0.3) is 5.89 Å². The highest BCUT2D eigenvalue weighted by Gasteiger charge is 2.35. The summed E-state index contributed by atoms with van der Waals surface area (Å²) in [5, 5.41) is 10.6. The fourth-order valence-electron chi connectivity index (χ4n) is 3.69. The fourth-order valence-corrected chi connectivity index (χ4v) is 4.88. The molecule has 0 spiro atoms. The lowest BCUT2D eigenvalue weighted by molar-refractivity contribution is 0.404. The van der Waals surface area contributed by atoms with Crippen LogP contribution in [0.2, 0.25) is 5.02 Å². The van der Waals surface area contributed by atoms with E-state index in [0.717, 1.165) is 27.4 Å². The zero-order valence-electron chi connectivity index (χ0n) is 16.8. The third-order valence-electron chi connectivity index (χ3n) is 5.15. The second-order valence-corrected chi connectivity index (χ2v) is 8.92. The van der Waals surface area contributed by atoms with Gasteiger partial charge in [0.05, 0.1) is 16.5 Å². The molecule has 1 aliphatic heterocycles. The smallest absolute Gasteiger partial charge is 0.258 e. The molecule has 0 fully saturated rings. The van der Waals surface area contributed by atoms with Crippen LogP contribution in [0.4, 0.5) is 10.1 Å². The summed E-state index contributed by atoms with van der Waals surface area (Å²) in [4.78, 5) is 7.44. The summed E-state index contributed by atoms with van der Waals surface area (Å²) < 4.78 is 19.3. The van der Waals surface area contributed by atoms with Gasteiger partial charge >= 0.3 is 0 Å². The molecule has 0 radical (unpaired) electrons. The van der Waals surface area contributed by atoms with Crippen molar-refractivity contribution in [3.05, 3.63) is 94.0 Å². The maximum atomic E-state index is 13.6. The minimum atomic E-state index is -0.393. The Labute approximate surface area is 198 Å². The van der Waals surface area contributed by atoms with Crippen LogP contribution >= 0.6 is 35.2 Å². The number of rotatable bonds is 4. The zero-order chi connectivity index (χ0) is 22.2. The number of nitrogens with one attached hydrogen (secondary N) is 1. The topological polar surface area (TPSA) is 54.2 Å². The number of thiocarbonyl (C=S) groups is 1. The Morgan fingerprint density at radius 2 is 1.97 bits per heavy atom. The Balaban J connectivity index is 1.67. The van der Waals surface area contributed by atoms with Crippen molar-refractivity contribution in [1.29, 1.82) is 0 Å². The highest BCUT2D eigenvalue weighted by molar-refractivity contribution is 7.80. The molecule has 9 heteroatoms. The summed E-state index contributed by atoms with van der Waals surface area (Å²) in [6, 6.07) is 17.2. The number of allylic oxidation sites excluding steroid dienone is 1. The lowest BCUT2D eigenvalue weighted by Crippen LogP contribution is -2.46. The molecule has 160 valence electrons. The van der Waals surface area contributed by atoms with Crippen molar-refractivity contribution in [2.75, 3.05) is 4.90 Å². The first-order chi connectivity index (χ1) is 15.5. The van der Waals surface area contributed by atoms with E-state index in [2.05, 4.69) is 15.5 Å². The van der Waals surface area contributed by atoms with Gasteiger partial charge in [0.15, 0.2) is 5.11 Å². The Bertz CT molecular complexity index is 1320. The maximum absolute atomic E-state index is 13.6. The number of halogens is 2. The minimum Gasteiger partial charge on any atom is -0.351 e. The van der Waals surface area contributed by atoms with E-state index in [4.69, 9.17) is 28.3 Å². The molecule has 0 amide bonds. The molecule has 1 aliphatic rings. The third-order valence-corrected chi connectivity index (χ3v) is 6.55. The highest BCUT2D eigenvalue weighted by Crippen LogP contribution is 2.39. The first kappa shape index (κ1) is 20.8. The highest BCUT2D eigenvalue weighted by atomic mass is 35.5. The van der Waals surface area contributed by atoms with Crippen molar-refractivity contribution >= 4 is 51.5 Å². The van der Waals surface area contributed by atoms with Gasteiger partial charge in [-0.3, -0.25) is 4.90 Å². The molecule has 0 bridgehead atoms. The molecule has 5 nitrogen and oxygen atoms in total. The van der Waals surface area contributed by atoms with Crippen LogP contribution in [0.1, 0.15) is 24.4 Å². The number of benzene rings is 2. The molecule has 1 unspecified atom stereocenters. The average Bonchev–Trinajstić information content (AvgIpc) is 3.46. The van der Waals surface area contributed by atoms with Gasteiger partial charge in [-0.15, -0.1) is 11.3 Å². The van der Waals surface area contributed by atoms with Gasteiger partial charge in [0.1, 0.15) is 5.82 Å². The first-order valence-corrected chi connectivity index (χ1v) is 11.4. The predicted octanol–water partition coefficient (Wildman–Crippen LogP) is 6.46. The van der Waals surface area contributed by atoms with Crippen LogP contribution in [0.15, 0.2) is 76.3 Å². The van der Waals surface area contributed by atoms with Crippen LogP contribution in [-0.4, -0.2) is 15.3 Å². The van der Waals surface area contributed by atoms with E-state index in [1.165, 1.54) is 23.5 Å². The number of nitrogens with zero attached hydrogens (tertiary/aromatic N) is 3. The molecule has 5 rings (SSSR count). The Kier molecular flexibility index (Phi) is 5.50. The summed E-state index contributed by atoms with van der Waals surface area (Å²) in [7, 11) is 0. The van der Waals surface area contributed by atoms with Gasteiger partial charge in [-0.05, 0) is 66.5 Å². The lowest BCUT2D eigenvalue weighted by atomic mass is 9.94. The molecule has 2 aromatic carbocycles. The van der Waals surface area contributed by atoms with E-state index >= 15 is 0 Å². The number of hydrogen-bond donors (Lipinski definition) is 1. The normalized spacial score (nSPS) is 16.4. The van der Waals surface area contributed by atoms with Gasteiger partial charge in [-0.25, -0.2) is 4.39 Å². The molecule has 1 atom stereocenters. The Morgan fingerprint density at radius 3 is 2.69 bits per heavy atom. The standard InChI is InChI=1S/C23H16ClFN4OS2/c1-13-19(22-27-21(28-30-22)18-6-3-11-32-18)20(14-7-9-16(25)10-8-14)26-23(31)29(13)17-5-2-4-15(24)12-17/h2-12,20H,1H3,(H,26,31). The van der Waals surface area contributed by atoms with Crippen LogP contribution in [0.25, 0.3) is 16.3 Å². The quantitative estimate of drug-likeness (QED) is 0.337.